The van der Waals surface area contributed by atoms with Gasteiger partial charge in [0.2, 0.25) is 6.29 Å². The third-order valence-electron chi connectivity index (χ3n) is 0.575. The first-order valence-electron chi connectivity index (χ1n) is 2.32. The molecule has 0 aromatic carbocycles. The molecule has 0 radical (unpaired) electrons. The van der Waals surface area contributed by atoms with Crippen LogP contribution in [0.4, 0.5) is 0 Å². The second kappa shape index (κ2) is 4.05. The Balaban J connectivity index is 3.46. The molecule has 0 amide bonds. The highest BCUT2D eigenvalue weighted by molar-refractivity contribution is 5.81. The predicted octanol–water partition coefficient (Wildman–Crippen LogP) is -0.974. The molecular weight excluding hydrogens is 124 g/mol. The van der Waals surface area contributed by atoms with Crippen molar-refractivity contribution in [3.63, 3.8) is 0 Å². The number of hydrogen-bond donors (Lipinski definition) is 2. The van der Waals surface area contributed by atoms with Crippen LogP contribution in [0.25, 0.3) is 0 Å². The number of rotatable bonds is 3. The first-order valence-corrected chi connectivity index (χ1v) is 2.32. The molecule has 0 aromatic heterocycles. The molecule has 0 rings (SSSR count). The fraction of sp³-hybridized carbons (Fsp3) is 0.400. The van der Waals surface area contributed by atoms with Crippen LogP contribution in [-0.4, -0.2) is 29.1 Å². The molecule has 4 nitrogen and oxygen atoms in total. The van der Waals surface area contributed by atoms with E-state index in [9.17, 15) is 4.79 Å². The van der Waals surface area contributed by atoms with E-state index in [1.165, 1.54) is 0 Å². The van der Waals surface area contributed by atoms with Crippen molar-refractivity contribution in [1.29, 1.82) is 0 Å². The van der Waals surface area contributed by atoms with Gasteiger partial charge in [-0.15, -0.1) is 0 Å². The summed E-state index contributed by atoms with van der Waals surface area (Å²) in [5.74, 6) is -0.753. The van der Waals surface area contributed by atoms with E-state index >= 15 is 0 Å². The van der Waals surface area contributed by atoms with Crippen LogP contribution in [0, 0.1) is 0 Å². The van der Waals surface area contributed by atoms with Crippen molar-refractivity contribution in [2.24, 2.45) is 0 Å². The normalized spacial score (nSPS) is 12.2. The van der Waals surface area contributed by atoms with Gasteiger partial charge in [0.05, 0.1) is 0 Å². The molecule has 0 saturated carbocycles. The van der Waals surface area contributed by atoms with Crippen molar-refractivity contribution in [2.75, 3.05) is 6.61 Å². The average molecular weight is 132 g/mol. The highest BCUT2D eigenvalue weighted by Crippen LogP contribution is 1.85. The summed E-state index contributed by atoms with van der Waals surface area (Å²) in [5, 5.41) is 16.5. The smallest absolute Gasteiger partial charge is 0.332 e. The lowest BCUT2D eigenvalue weighted by atomic mass is 10.6. The standard InChI is InChI=1S/C5H8O4/c1-2-4(7)9-5(8)3-6/h2,5-6,8H,1,3H2. The molecule has 1 atom stereocenters. The zero-order valence-electron chi connectivity index (χ0n) is 4.78. The molecular formula is C5H8O4. The molecule has 4 heteroatoms. The average Bonchev–Trinajstić information content (AvgIpc) is 1.87. The number of carbonyl (C=O) groups excluding carboxylic acids is 1. The number of esters is 1. The van der Waals surface area contributed by atoms with E-state index in [0.29, 0.717) is 0 Å². The maximum atomic E-state index is 10.2. The molecule has 0 aromatic rings. The Labute approximate surface area is 52.4 Å². The molecule has 52 valence electrons. The molecule has 0 fully saturated rings. The Hall–Kier alpha value is -0.870. The summed E-state index contributed by atoms with van der Waals surface area (Å²) >= 11 is 0. The van der Waals surface area contributed by atoms with Crippen molar-refractivity contribution < 1.29 is 19.7 Å². The van der Waals surface area contributed by atoms with E-state index in [1.54, 1.807) is 0 Å². The lowest BCUT2D eigenvalue weighted by Gasteiger charge is -2.04. The Kier molecular flexibility index (Phi) is 3.66. The van der Waals surface area contributed by atoms with E-state index < -0.39 is 18.9 Å². The first kappa shape index (κ1) is 8.13. The Bertz CT molecular complexity index is 110. The van der Waals surface area contributed by atoms with Gasteiger partial charge in [-0.1, -0.05) is 6.58 Å². The summed E-state index contributed by atoms with van der Waals surface area (Å²) in [7, 11) is 0. The topological polar surface area (TPSA) is 66.8 Å². The third kappa shape index (κ3) is 3.69. The fourth-order valence-electron chi connectivity index (χ4n) is 0.219. The Morgan fingerprint density at radius 3 is 2.78 bits per heavy atom. The van der Waals surface area contributed by atoms with Crippen molar-refractivity contribution in [3.05, 3.63) is 12.7 Å². The minimum atomic E-state index is -1.43. The number of carbonyl (C=O) groups is 1. The van der Waals surface area contributed by atoms with Crippen LogP contribution in [-0.2, 0) is 9.53 Å². The monoisotopic (exact) mass is 132 g/mol. The molecule has 0 bridgehead atoms. The van der Waals surface area contributed by atoms with Gasteiger partial charge in [-0.25, -0.2) is 4.79 Å². The first-order chi connectivity index (χ1) is 4.20. The largest absolute Gasteiger partial charge is 0.430 e. The van der Waals surface area contributed by atoms with Crippen LogP contribution >= 0.6 is 0 Å². The maximum Gasteiger partial charge on any atom is 0.332 e. The summed E-state index contributed by atoms with van der Waals surface area (Å²) in [4.78, 5) is 10.2. The molecule has 0 spiro atoms. The van der Waals surface area contributed by atoms with Gasteiger partial charge < -0.3 is 14.9 Å². The van der Waals surface area contributed by atoms with Crippen LogP contribution < -0.4 is 0 Å². The van der Waals surface area contributed by atoms with E-state index in [0.717, 1.165) is 6.08 Å². The number of ether oxygens (including phenoxy) is 1. The number of hydrogen-bond acceptors (Lipinski definition) is 4. The molecule has 2 N–H and O–H groups in total. The number of aliphatic hydroxyl groups excluding tert-OH is 2. The molecule has 0 aliphatic heterocycles. The quantitative estimate of drug-likeness (QED) is 0.294. The Morgan fingerprint density at radius 2 is 2.44 bits per heavy atom. The molecule has 1 unspecified atom stereocenters. The van der Waals surface area contributed by atoms with Gasteiger partial charge in [-0.05, 0) is 0 Å². The van der Waals surface area contributed by atoms with Crippen LogP contribution in [0.1, 0.15) is 0 Å². The van der Waals surface area contributed by atoms with Crippen LogP contribution in [0.2, 0.25) is 0 Å². The van der Waals surface area contributed by atoms with Crippen molar-refractivity contribution in [3.8, 4) is 0 Å². The van der Waals surface area contributed by atoms with Crippen molar-refractivity contribution >= 4 is 5.97 Å². The second-order valence-corrected chi connectivity index (χ2v) is 1.28. The molecule has 0 aliphatic rings. The van der Waals surface area contributed by atoms with Gasteiger partial charge in [-0.3, -0.25) is 0 Å². The van der Waals surface area contributed by atoms with Gasteiger partial charge in [0.1, 0.15) is 6.61 Å². The summed E-state index contributed by atoms with van der Waals surface area (Å²) in [6, 6.07) is 0. The van der Waals surface area contributed by atoms with E-state index in [-0.39, 0.29) is 0 Å². The van der Waals surface area contributed by atoms with Gasteiger partial charge >= 0.3 is 5.97 Å². The van der Waals surface area contributed by atoms with Gasteiger partial charge in [0, 0.05) is 6.08 Å². The molecule has 9 heavy (non-hydrogen) atoms. The lowest BCUT2D eigenvalue weighted by molar-refractivity contribution is -0.167. The molecule has 0 heterocycles. The lowest BCUT2D eigenvalue weighted by Crippen LogP contribution is -2.19. The highest BCUT2D eigenvalue weighted by Gasteiger charge is 2.04. The zero-order valence-corrected chi connectivity index (χ0v) is 4.78. The van der Waals surface area contributed by atoms with E-state index in [1.807, 2.05) is 0 Å². The fourth-order valence-corrected chi connectivity index (χ4v) is 0.219. The summed E-state index contributed by atoms with van der Waals surface area (Å²) in [6.45, 7) is 2.48. The van der Waals surface area contributed by atoms with Gasteiger partial charge in [-0.2, -0.15) is 0 Å². The zero-order chi connectivity index (χ0) is 7.28. The van der Waals surface area contributed by atoms with Crippen molar-refractivity contribution in [1.82, 2.24) is 0 Å². The molecule has 0 saturated heterocycles. The summed E-state index contributed by atoms with van der Waals surface area (Å²) < 4.78 is 4.10. The van der Waals surface area contributed by atoms with Crippen molar-refractivity contribution in [2.45, 2.75) is 6.29 Å². The molecule has 0 aliphatic carbocycles. The highest BCUT2D eigenvalue weighted by atomic mass is 16.6. The Morgan fingerprint density at radius 1 is 1.89 bits per heavy atom. The van der Waals surface area contributed by atoms with Gasteiger partial charge in [0.15, 0.2) is 0 Å². The van der Waals surface area contributed by atoms with Gasteiger partial charge in [0.25, 0.3) is 0 Å². The summed E-state index contributed by atoms with van der Waals surface area (Å²) in [6.07, 6.45) is -0.533. The maximum absolute atomic E-state index is 10.2. The van der Waals surface area contributed by atoms with E-state index in [4.69, 9.17) is 10.2 Å². The third-order valence-corrected chi connectivity index (χ3v) is 0.575. The second-order valence-electron chi connectivity index (χ2n) is 1.28. The minimum Gasteiger partial charge on any atom is -0.430 e. The van der Waals surface area contributed by atoms with E-state index in [2.05, 4.69) is 11.3 Å². The predicted molar refractivity (Wildman–Crippen MR) is 29.4 cm³/mol. The minimum absolute atomic E-state index is 0.598. The SMILES string of the molecule is C=CC(=O)OC(O)CO. The summed E-state index contributed by atoms with van der Waals surface area (Å²) in [5.41, 5.74) is 0. The van der Waals surface area contributed by atoms with Crippen LogP contribution in [0.5, 0.6) is 0 Å². The van der Waals surface area contributed by atoms with Crippen LogP contribution in [0.3, 0.4) is 0 Å². The van der Waals surface area contributed by atoms with Crippen LogP contribution in [0.15, 0.2) is 12.7 Å². The number of aliphatic hydroxyl groups is 2.